The topological polar surface area (TPSA) is 49.8 Å². The number of hydrogen-bond donors (Lipinski definition) is 1. The molecular weight excluding hydrogens is 230 g/mol. The molecule has 0 aliphatic carbocycles. The van der Waals surface area contributed by atoms with E-state index in [1.54, 1.807) is 0 Å². The molecule has 1 N–H and O–H groups in total. The van der Waals surface area contributed by atoms with Crippen molar-refractivity contribution in [3.05, 3.63) is 0 Å². The third-order valence-electron chi connectivity index (χ3n) is 4.76. The molecular formula is C14H25NO3. The first-order valence-corrected chi connectivity index (χ1v) is 7.25. The van der Waals surface area contributed by atoms with Crippen molar-refractivity contribution < 1.29 is 14.6 Å². The van der Waals surface area contributed by atoms with E-state index >= 15 is 0 Å². The Morgan fingerprint density at radius 1 is 1.50 bits per heavy atom. The van der Waals surface area contributed by atoms with E-state index in [4.69, 9.17) is 4.74 Å². The summed E-state index contributed by atoms with van der Waals surface area (Å²) in [5.41, 5.74) is -0.611. The molecule has 0 saturated carbocycles. The number of rotatable bonds is 4. The third kappa shape index (κ3) is 2.28. The first-order valence-electron chi connectivity index (χ1n) is 7.25. The fourth-order valence-electron chi connectivity index (χ4n) is 3.62. The molecule has 3 unspecified atom stereocenters. The van der Waals surface area contributed by atoms with Crippen molar-refractivity contribution in [2.24, 2.45) is 0 Å². The maximum absolute atomic E-state index is 11.7. The summed E-state index contributed by atoms with van der Waals surface area (Å²) in [5.74, 6) is -0.637. The minimum Gasteiger partial charge on any atom is -0.480 e. The lowest BCUT2D eigenvalue weighted by Crippen LogP contribution is -2.56. The highest BCUT2D eigenvalue weighted by Crippen LogP contribution is 2.37. The van der Waals surface area contributed by atoms with Crippen molar-refractivity contribution in [3.63, 3.8) is 0 Å². The van der Waals surface area contributed by atoms with Crippen LogP contribution in [0.3, 0.4) is 0 Å². The Morgan fingerprint density at radius 3 is 2.89 bits per heavy atom. The second-order valence-electron chi connectivity index (χ2n) is 5.57. The number of carbonyl (C=O) groups is 1. The van der Waals surface area contributed by atoms with E-state index < -0.39 is 11.5 Å². The zero-order valence-electron chi connectivity index (χ0n) is 11.5. The molecule has 0 radical (unpaired) electrons. The molecule has 2 aliphatic heterocycles. The van der Waals surface area contributed by atoms with E-state index in [1.165, 1.54) is 0 Å². The second-order valence-corrected chi connectivity index (χ2v) is 5.57. The Labute approximate surface area is 109 Å². The van der Waals surface area contributed by atoms with Crippen LogP contribution in [-0.2, 0) is 9.53 Å². The number of ether oxygens (including phenoxy) is 1. The zero-order chi connectivity index (χ0) is 13.2. The van der Waals surface area contributed by atoms with E-state index in [0.717, 1.165) is 45.3 Å². The van der Waals surface area contributed by atoms with E-state index in [-0.39, 0.29) is 0 Å². The van der Waals surface area contributed by atoms with Gasteiger partial charge in [-0.05, 0) is 45.1 Å². The van der Waals surface area contributed by atoms with Gasteiger partial charge in [-0.15, -0.1) is 0 Å². The van der Waals surface area contributed by atoms with Crippen molar-refractivity contribution in [3.8, 4) is 0 Å². The van der Waals surface area contributed by atoms with E-state index in [2.05, 4.69) is 11.8 Å². The second kappa shape index (κ2) is 5.57. The Morgan fingerprint density at radius 2 is 2.28 bits per heavy atom. The van der Waals surface area contributed by atoms with Gasteiger partial charge >= 0.3 is 5.97 Å². The summed E-state index contributed by atoms with van der Waals surface area (Å²) in [7, 11) is 0. The fraction of sp³-hybridized carbons (Fsp3) is 0.929. The lowest BCUT2D eigenvalue weighted by molar-refractivity contribution is -0.153. The predicted molar refractivity (Wildman–Crippen MR) is 69.7 cm³/mol. The van der Waals surface area contributed by atoms with Crippen molar-refractivity contribution in [1.29, 1.82) is 0 Å². The molecule has 0 aromatic rings. The van der Waals surface area contributed by atoms with Gasteiger partial charge in [0.25, 0.3) is 0 Å². The molecule has 0 aromatic carbocycles. The molecule has 3 atom stereocenters. The Balaban J connectivity index is 2.13. The van der Waals surface area contributed by atoms with Crippen LogP contribution in [0.2, 0.25) is 0 Å². The molecule has 2 rings (SSSR count). The van der Waals surface area contributed by atoms with Crippen LogP contribution in [0.4, 0.5) is 0 Å². The van der Waals surface area contributed by atoms with E-state index in [1.807, 2.05) is 6.92 Å². The lowest BCUT2D eigenvalue weighted by atomic mass is 9.89. The van der Waals surface area contributed by atoms with Gasteiger partial charge in [-0.1, -0.05) is 13.8 Å². The summed E-state index contributed by atoms with van der Waals surface area (Å²) in [6, 6.07) is 0.391. The largest absolute Gasteiger partial charge is 0.480 e. The SMILES string of the molecule is CCC1CC(N2CCCC2(CC)C(=O)O)CCO1. The molecule has 104 valence electrons. The van der Waals surface area contributed by atoms with Gasteiger partial charge in [0.1, 0.15) is 5.54 Å². The van der Waals surface area contributed by atoms with Gasteiger partial charge in [0.2, 0.25) is 0 Å². The van der Waals surface area contributed by atoms with Gasteiger partial charge in [-0.2, -0.15) is 0 Å². The van der Waals surface area contributed by atoms with Crippen molar-refractivity contribution >= 4 is 5.97 Å². The van der Waals surface area contributed by atoms with E-state index in [0.29, 0.717) is 18.6 Å². The number of hydrogen-bond acceptors (Lipinski definition) is 3. The number of aliphatic carboxylic acids is 1. The highest BCUT2D eigenvalue weighted by molar-refractivity contribution is 5.79. The first-order chi connectivity index (χ1) is 8.64. The monoisotopic (exact) mass is 255 g/mol. The highest BCUT2D eigenvalue weighted by Gasteiger charge is 2.49. The third-order valence-corrected chi connectivity index (χ3v) is 4.76. The number of carboxylic acid groups (broad SMARTS) is 1. The molecule has 18 heavy (non-hydrogen) atoms. The molecule has 4 nitrogen and oxygen atoms in total. The minimum absolute atomic E-state index is 0.313. The molecule has 4 heteroatoms. The van der Waals surface area contributed by atoms with Gasteiger partial charge in [-0.25, -0.2) is 0 Å². The highest BCUT2D eigenvalue weighted by atomic mass is 16.5. The fourth-order valence-corrected chi connectivity index (χ4v) is 3.62. The van der Waals surface area contributed by atoms with Crippen LogP contribution in [-0.4, -0.2) is 46.8 Å². The lowest BCUT2D eigenvalue weighted by Gasteiger charge is -2.43. The van der Waals surface area contributed by atoms with Crippen LogP contribution < -0.4 is 0 Å². The molecule has 2 fully saturated rings. The molecule has 2 saturated heterocycles. The molecule has 0 amide bonds. The summed E-state index contributed by atoms with van der Waals surface area (Å²) < 4.78 is 5.71. The molecule has 2 heterocycles. The zero-order valence-corrected chi connectivity index (χ0v) is 11.5. The van der Waals surface area contributed by atoms with Crippen LogP contribution in [0.15, 0.2) is 0 Å². The van der Waals surface area contributed by atoms with Crippen molar-refractivity contribution in [2.75, 3.05) is 13.2 Å². The molecule has 2 aliphatic rings. The normalized spacial score (nSPS) is 37.9. The molecule has 0 bridgehead atoms. The first kappa shape index (κ1) is 13.8. The molecule has 0 spiro atoms. The van der Waals surface area contributed by atoms with Crippen LogP contribution in [0.1, 0.15) is 52.4 Å². The van der Waals surface area contributed by atoms with Gasteiger partial charge in [-0.3, -0.25) is 9.69 Å². The average Bonchev–Trinajstić information content (AvgIpc) is 2.84. The summed E-state index contributed by atoms with van der Waals surface area (Å²) >= 11 is 0. The average molecular weight is 255 g/mol. The van der Waals surface area contributed by atoms with Crippen LogP contribution >= 0.6 is 0 Å². The summed E-state index contributed by atoms with van der Waals surface area (Å²) in [5, 5.41) is 9.61. The summed E-state index contributed by atoms with van der Waals surface area (Å²) in [6.45, 7) is 5.85. The Hall–Kier alpha value is -0.610. The van der Waals surface area contributed by atoms with Gasteiger partial charge < -0.3 is 9.84 Å². The molecule has 0 aromatic heterocycles. The van der Waals surface area contributed by atoms with Crippen LogP contribution in [0.5, 0.6) is 0 Å². The van der Waals surface area contributed by atoms with Crippen LogP contribution in [0.25, 0.3) is 0 Å². The maximum Gasteiger partial charge on any atom is 0.324 e. The van der Waals surface area contributed by atoms with Crippen LogP contribution in [0, 0.1) is 0 Å². The standard InChI is InChI=1S/C14H25NO3/c1-3-12-10-11(6-9-18-12)15-8-5-7-14(15,4-2)13(16)17/h11-12H,3-10H2,1-2H3,(H,16,17). The predicted octanol–water partition coefficient (Wildman–Crippen LogP) is 2.27. The Bertz CT molecular complexity index is 307. The van der Waals surface area contributed by atoms with E-state index in [9.17, 15) is 9.90 Å². The van der Waals surface area contributed by atoms with Crippen molar-refractivity contribution in [1.82, 2.24) is 4.90 Å². The minimum atomic E-state index is -0.637. The van der Waals surface area contributed by atoms with Gasteiger partial charge in [0.05, 0.1) is 6.10 Å². The maximum atomic E-state index is 11.7. The smallest absolute Gasteiger partial charge is 0.324 e. The van der Waals surface area contributed by atoms with Gasteiger partial charge in [0, 0.05) is 12.6 Å². The number of nitrogens with zero attached hydrogens (tertiary/aromatic N) is 1. The summed E-state index contributed by atoms with van der Waals surface area (Å²) in [4.78, 5) is 14.0. The number of likely N-dealkylation sites (tertiary alicyclic amines) is 1. The quantitative estimate of drug-likeness (QED) is 0.837. The summed E-state index contributed by atoms with van der Waals surface area (Å²) in [6.07, 6.45) is 5.82. The Kier molecular flexibility index (Phi) is 4.28. The van der Waals surface area contributed by atoms with Crippen molar-refractivity contribution in [2.45, 2.75) is 70.1 Å². The number of carboxylic acids is 1. The van der Waals surface area contributed by atoms with Gasteiger partial charge in [0.15, 0.2) is 0 Å².